The van der Waals surface area contributed by atoms with Crippen molar-refractivity contribution in [3.05, 3.63) is 93.5 Å². The van der Waals surface area contributed by atoms with E-state index in [1.165, 1.54) is 31.3 Å². The van der Waals surface area contributed by atoms with E-state index in [0.29, 0.717) is 47.6 Å². The van der Waals surface area contributed by atoms with Crippen molar-refractivity contribution in [1.29, 1.82) is 0 Å². The highest BCUT2D eigenvalue weighted by atomic mass is 35.5. The van der Waals surface area contributed by atoms with Crippen molar-refractivity contribution in [1.82, 2.24) is 15.7 Å². The van der Waals surface area contributed by atoms with Gasteiger partial charge in [0.1, 0.15) is 36.5 Å². The van der Waals surface area contributed by atoms with E-state index in [-0.39, 0.29) is 39.1 Å². The zero-order chi connectivity index (χ0) is 50.4. The summed E-state index contributed by atoms with van der Waals surface area (Å²) in [5, 5.41) is 24.9. The second-order valence-electron chi connectivity index (χ2n) is 14.5. The summed E-state index contributed by atoms with van der Waals surface area (Å²) < 4.78 is 61.0. The number of aliphatic carboxylic acids is 1. The number of halogens is 4. The van der Waals surface area contributed by atoms with E-state index in [0.717, 1.165) is 55.2 Å². The first-order valence-corrected chi connectivity index (χ1v) is 24.6. The van der Waals surface area contributed by atoms with Gasteiger partial charge in [0.15, 0.2) is 6.61 Å². The molecule has 366 valence electrons. The number of urea groups is 1. The third kappa shape index (κ3) is 20.7. The second kappa shape index (κ2) is 28.4. The largest absolute Gasteiger partial charge is 0.778 e. The number of nitrogens with zero attached hydrogens (tertiary/aromatic N) is 3. The Morgan fingerprint density at radius 2 is 1.58 bits per heavy atom. The molecule has 25 heteroatoms. The van der Waals surface area contributed by atoms with Gasteiger partial charge in [0, 0.05) is 35.2 Å². The average molecular weight is 1000 g/mol. The van der Waals surface area contributed by atoms with Gasteiger partial charge in [0.05, 0.1) is 60.2 Å². The van der Waals surface area contributed by atoms with Crippen LogP contribution in [0, 0.1) is 17.5 Å². The summed E-state index contributed by atoms with van der Waals surface area (Å²) in [7, 11) is -3.71. The van der Waals surface area contributed by atoms with Gasteiger partial charge in [-0.15, -0.1) is 0 Å². The molecule has 0 saturated heterocycles. The lowest BCUT2D eigenvalue weighted by Gasteiger charge is -2.18. The molecule has 67 heavy (non-hydrogen) atoms. The molecular weight excluding hydrogens is 952 g/mol. The maximum atomic E-state index is 14.5. The van der Waals surface area contributed by atoms with E-state index < -0.39 is 80.2 Å². The van der Waals surface area contributed by atoms with E-state index >= 15 is 0 Å². The molecule has 2 aliphatic rings. The van der Waals surface area contributed by atoms with Gasteiger partial charge in [-0.1, -0.05) is 31.4 Å². The molecule has 1 unspecified atom stereocenters. The molecule has 0 fully saturated rings. The molecule has 4 amide bonds. The number of imide groups is 1. The Morgan fingerprint density at radius 1 is 0.985 bits per heavy atom. The molecule has 0 radical (unpaired) electrons. The summed E-state index contributed by atoms with van der Waals surface area (Å²) in [5.41, 5.74) is 2.83. The van der Waals surface area contributed by atoms with Gasteiger partial charge in [0.2, 0.25) is 0 Å². The molecule has 2 heterocycles. The molecule has 3 aromatic rings. The molecule has 1 aromatic heterocycles. The molecule has 0 spiro atoms. The first-order chi connectivity index (χ1) is 31.4. The van der Waals surface area contributed by atoms with Crippen LogP contribution in [0.4, 0.5) is 29.3 Å². The summed E-state index contributed by atoms with van der Waals surface area (Å²) in [5.74, 6) is -6.45. The van der Waals surface area contributed by atoms with Crippen molar-refractivity contribution >= 4 is 82.9 Å². The number of esters is 1. The zero-order valence-corrected chi connectivity index (χ0v) is 39.5. The number of carboxylic acid groups (broad SMARTS) is 2. The Hall–Kier alpha value is -5.84. The van der Waals surface area contributed by atoms with Crippen LogP contribution >= 0.6 is 19.2 Å². The number of ether oxygens (including phenoxy) is 2. The third-order valence-corrected chi connectivity index (χ3v) is 9.32. The summed E-state index contributed by atoms with van der Waals surface area (Å²) in [4.78, 5) is 92.4. The van der Waals surface area contributed by atoms with Gasteiger partial charge >= 0.3 is 23.9 Å². The van der Waals surface area contributed by atoms with E-state index in [1.54, 1.807) is 0 Å². The maximum absolute atomic E-state index is 14.5. The third-order valence-electron chi connectivity index (χ3n) is 8.40. The Bertz CT molecular complexity index is 2320. The zero-order valence-electron chi connectivity index (χ0n) is 37.0. The molecule has 1 aliphatic carbocycles. The van der Waals surface area contributed by atoms with Crippen LogP contribution in [0.3, 0.4) is 0 Å². The molecule has 6 N–H and O–H groups in total. The normalized spacial score (nSPS) is 14.0. The number of hydrazone groups is 1. The highest BCUT2D eigenvalue weighted by molar-refractivity contribution is 7.94. The number of hydrogen-bond acceptors (Lipinski definition) is 13. The number of hydrogen-bond donors (Lipinski definition) is 6. The lowest BCUT2D eigenvalue weighted by Crippen LogP contribution is -2.32. The van der Waals surface area contributed by atoms with Gasteiger partial charge in [0.25, 0.3) is 11.8 Å². The topological polar surface area (TPSA) is 286 Å². The number of pyridine rings is 1. The molecule has 2 aromatic carbocycles. The number of aromatic carboxylic acids is 1. The van der Waals surface area contributed by atoms with Crippen LogP contribution in [0.2, 0.25) is 5.02 Å². The van der Waals surface area contributed by atoms with Crippen LogP contribution in [0.25, 0.3) is 0 Å². The highest BCUT2D eigenvalue weighted by Gasteiger charge is 2.41. The number of carbonyl (C=O) groups excluding carboxylic acids is 4. The first kappa shape index (κ1) is 57.3. The minimum absolute atomic E-state index is 0.000883. The maximum Gasteiger partial charge on any atom is 0.344 e. The fourth-order valence-corrected chi connectivity index (χ4v) is 6.22. The lowest BCUT2D eigenvalue weighted by molar-refractivity contribution is -0.193. The smallest absolute Gasteiger partial charge is 0.344 e. The van der Waals surface area contributed by atoms with Crippen molar-refractivity contribution in [3.8, 4) is 5.75 Å². The number of unbranched alkanes of at least 4 members (excludes halogenated alkanes) is 2. The molecule has 1 atom stereocenters. The van der Waals surface area contributed by atoms with Gasteiger partial charge in [-0.2, -0.15) is 5.10 Å². The van der Waals surface area contributed by atoms with E-state index in [1.807, 2.05) is 12.2 Å². The molecule has 19 nitrogen and oxygen atoms in total. The number of rotatable bonds is 16. The van der Waals surface area contributed by atoms with Crippen LogP contribution < -0.4 is 30.6 Å². The predicted octanol–water partition coefficient (Wildman–Crippen LogP) is 5.60. The SMILES string of the molecule is C/C(=N\NC(=O)Nc1cc(F)cc(F)c1)c1ncccc1C(=O)O.CCCCCOC(=O)COc1cc(N2C(=O)C3=C(CCCC3)C2=O)c(F)cc1Cl.C[S+](C)C.O=C(O)CNCP(=O)([O-])O. The standard InChI is InChI=1S/C21H23ClFNO5.C15H12F2N4O3.C3H8NO5P.C3H9S/c1-2-3-6-9-28-19(25)12-29-18-11-17(16(23)10-15(18)22)24-20(26)13-7-4-5-8-14(13)21(24)27;1-8(13-12(14(22)23)3-2-4-18-13)20-21-15(24)19-11-6-9(16)5-10(17)7-11;5-3(6)1-4-2-10(7,8)9;1-4(2)3/h10-11H,2-9,12H2,1H3;2-7H,1H3,(H,22,23)(H2,19,21,24);4H,1-2H2,(H,5,6)(H2,7,8,9);1-3H3/q;;;+1/p-1/b;20-8+;;. The monoisotopic (exact) mass is 1000 g/mol. The van der Waals surface area contributed by atoms with Gasteiger partial charge in [-0.05, 0) is 80.3 Å². The Kier molecular flexibility index (Phi) is 24.3. The van der Waals surface area contributed by atoms with Crippen molar-refractivity contribution in [3.63, 3.8) is 0 Å². The van der Waals surface area contributed by atoms with Crippen molar-refractivity contribution < 1.29 is 76.0 Å². The van der Waals surface area contributed by atoms with Crippen LogP contribution in [-0.2, 0) is 39.4 Å². The number of carbonyl (C=O) groups is 6. The molecule has 0 bridgehead atoms. The molecule has 5 rings (SSSR count). The Labute approximate surface area is 391 Å². The number of carboxylic acids is 2. The lowest BCUT2D eigenvalue weighted by atomic mass is 9.93. The minimum atomic E-state index is -4.35. The fourth-order valence-electron chi connectivity index (χ4n) is 5.62. The number of amides is 4. The number of nitrogens with one attached hydrogen (secondary N) is 3. The Balaban J connectivity index is 0.000000363. The molecular formula is C42H51ClF3N6O13PS. The first-order valence-electron chi connectivity index (χ1n) is 20.0. The Morgan fingerprint density at radius 3 is 2.12 bits per heavy atom. The number of anilines is 2. The number of benzene rings is 2. The summed E-state index contributed by atoms with van der Waals surface area (Å²) in [6.07, 6.45) is 12.7. The van der Waals surface area contributed by atoms with Crippen molar-refractivity contribution in [2.24, 2.45) is 5.10 Å². The molecule has 0 saturated carbocycles. The van der Waals surface area contributed by atoms with Gasteiger partial charge < -0.3 is 39.4 Å². The average Bonchev–Trinajstić information content (AvgIpc) is 3.48. The predicted molar refractivity (Wildman–Crippen MR) is 243 cm³/mol. The molecule has 1 aliphatic heterocycles. The quantitative estimate of drug-likeness (QED) is 0.0194. The minimum Gasteiger partial charge on any atom is -0.778 e. The summed E-state index contributed by atoms with van der Waals surface area (Å²) >= 11 is 6.02. The van der Waals surface area contributed by atoms with Crippen molar-refractivity contribution in [2.75, 3.05) is 55.0 Å². The summed E-state index contributed by atoms with van der Waals surface area (Å²) in [6.45, 7) is 2.91. The van der Waals surface area contributed by atoms with Crippen LogP contribution in [-0.4, -0.2) is 106 Å². The summed E-state index contributed by atoms with van der Waals surface area (Å²) in [6, 6.07) is 6.62. The van der Waals surface area contributed by atoms with E-state index in [4.69, 9.17) is 36.2 Å². The van der Waals surface area contributed by atoms with Crippen LogP contribution in [0.15, 0.2) is 64.9 Å². The van der Waals surface area contributed by atoms with Crippen molar-refractivity contribution in [2.45, 2.75) is 58.8 Å². The van der Waals surface area contributed by atoms with E-state index in [9.17, 15) is 51.4 Å². The van der Waals surface area contributed by atoms with Crippen LogP contribution in [0.1, 0.15) is 74.8 Å². The van der Waals surface area contributed by atoms with Gasteiger partial charge in [-0.3, -0.25) is 24.7 Å². The number of aromatic nitrogens is 1. The highest BCUT2D eigenvalue weighted by Crippen LogP contribution is 2.39. The van der Waals surface area contributed by atoms with Gasteiger partial charge in [-0.25, -0.2) is 37.9 Å². The fraction of sp³-hybridized carbons (Fsp3) is 0.381. The van der Waals surface area contributed by atoms with E-state index in [2.05, 4.69) is 39.6 Å². The van der Waals surface area contributed by atoms with Crippen LogP contribution in [0.5, 0.6) is 5.75 Å². The second-order valence-corrected chi connectivity index (χ2v) is 19.0.